The summed E-state index contributed by atoms with van der Waals surface area (Å²) in [6, 6.07) is 5.89. The molecule has 0 aliphatic carbocycles. The fourth-order valence-corrected chi connectivity index (χ4v) is 4.58. The van der Waals surface area contributed by atoms with Crippen LogP contribution in [0.25, 0.3) is 0 Å². The highest BCUT2D eigenvalue weighted by atomic mass is 28.3. The topological polar surface area (TPSA) is 37.4 Å². The van der Waals surface area contributed by atoms with Crippen LogP contribution >= 0.6 is 0 Å². The fraction of sp³-hybridized carbons (Fsp3) is 0.529. The molecule has 0 bridgehead atoms. The predicted molar refractivity (Wildman–Crippen MR) is 89.5 cm³/mol. The van der Waals surface area contributed by atoms with E-state index in [4.69, 9.17) is 0 Å². The van der Waals surface area contributed by atoms with Gasteiger partial charge in [-0.25, -0.2) is 0 Å². The zero-order valence-electron chi connectivity index (χ0n) is 14.1. The minimum Gasteiger partial charge on any atom is -0.333 e. The van der Waals surface area contributed by atoms with Gasteiger partial charge in [0.25, 0.3) is 11.7 Å². The SMILES string of the molecule is CC(C)c1ccc2c(c1)C(=O)C(=O)N2[Si](C)(C)C(C)(C)C. The van der Waals surface area contributed by atoms with Crippen LogP contribution in [0, 0.1) is 0 Å². The van der Waals surface area contributed by atoms with Gasteiger partial charge in [0.2, 0.25) is 0 Å². The third kappa shape index (κ3) is 2.35. The van der Waals surface area contributed by atoms with Gasteiger partial charge in [0, 0.05) is 5.69 Å². The molecule has 1 heterocycles. The van der Waals surface area contributed by atoms with Gasteiger partial charge in [-0.2, -0.15) is 0 Å². The molecule has 0 saturated heterocycles. The first-order chi connectivity index (χ1) is 9.48. The quantitative estimate of drug-likeness (QED) is 0.602. The van der Waals surface area contributed by atoms with Crippen molar-refractivity contribution in [3.05, 3.63) is 29.3 Å². The van der Waals surface area contributed by atoms with E-state index < -0.39 is 8.24 Å². The Balaban J connectivity index is 2.60. The summed E-state index contributed by atoms with van der Waals surface area (Å²) in [5.74, 6) is -0.352. The minimum atomic E-state index is -2.11. The third-order valence-electron chi connectivity index (χ3n) is 4.96. The van der Waals surface area contributed by atoms with Gasteiger partial charge in [-0.3, -0.25) is 9.59 Å². The average molecular weight is 303 g/mol. The second-order valence-electron chi connectivity index (χ2n) is 7.71. The van der Waals surface area contributed by atoms with Crippen molar-refractivity contribution >= 4 is 25.6 Å². The molecule has 0 aromatic heterocycles. The second kappa shape index (κ2) is 4.80. The molecule has 1 amide bonds. The zero-order chi connectivity index (χ0) is 16.2. The summed E-state index contributed by atoms with van der Waals surface area (Å²) in [6.45, 7) is 14.9. The van der Waals surface area contributed by atoms with Gasteiger partial charge in [-0.05, 0) is 28.7 Å². The number of ketones is 1. The van der Waals surface area contributed by atoms with Crippen LogP contribution in [0.3, 0.4) is 0 Å². The van der Waals surface area contributed by atoms with Crippen LogP contribution in [0.15, 0.2) is 18.2 Å². The van der Waals surface area contributed by atoms with E-state index in [1.165, 1.54) is 0 Å². The van der Waals surface area contributed by atoms with E-state index in [0.717, 1.165) is 11.3 Å². The largest absolute Gasteiger partial charge is 0.333 e. The van der Waals surface area contributed by atoms with Crippen LogP contribution in [0.2, 0.25) is 18.1 Å². The molecule has 1 aromatic carbocycles. The van der Waals surface area contributed by atoms with Gasteiger partial charge in [-0.15, -0.1) is 0 Å². The third-order valence-corrected chi connectivity index (χ3v) is 10.2. The molecule has 4 heteroatoms. The Morgan fingerprint density at radius 1 is 1.10 bits per heavy atom. The molecule has 3 nitrogen and oxygen atoms in total. The Labute approximate surface area is 128 Å². The van der Waals surface area contributed by atoms with Crippen molar-refractivity contribution in [2.24, 2.45) is 0 Å². The second-order valence-corrected chi connectivity index (χ2v) is 12.8. The normalized spacial score (nSPS) is 15.9. The zero-order valence-corrected chi connectivity index (χ0v) is 15.1. The highest BCUT2D eigenvalue weighted by molar-refractivity contribution is 6.90. The Bertz CT molecular complexity index is 612. The first kappa shape index (κ1) is 16.0. The van der Waals surface area contributed by atoms with Crippen LogP contribution in [-0.2, 0) is 4.79 Å². The molecule has 0 N–H and O–H groups in total. The summed E-state index contributed by atoms with van der Waals surface area (Å²) >= 11 is 0. The number of amides is 1. The van der Waals surface area contributed by atoms with Crippen molar-refractivity contribution in [2.75, 3.05) is 4.57 Å². The molecule has 0 radical (unpaired) electrons. The van der Waals surface area contributed by atoms with Crippen LogP contribution in [0.4, 0.5) is 5.69 Å². The minimum absolute atomic E-state index is 0.00126. The number of nitrogens with zero attached hydrogens (tertiary/aromatic N) is 1. The molecule has 21 heavy (non-hydrogen) atoms. The van der Waals surface area contributed by atoms with Gasteiger partial charge in [0.05, 0.1) is 5.56 Å². The van der Waals surface area contributed by atoms with E-state index in [1.54, 1.807) is 0 Å². The molecule has 0 atom stereocenters. The lowest BCUT2D eigenvalue weighted by Crippen LogP contribution is -2.57. The number of fused-ring (bicyclic) bond motifs is 1. The molecule has 1 aliphatic rings. The molecule has 2 rings (SSSR count). The summed E-state index contributed by atoms with van der Waals surface area (Å²) in [7, 11) is -2.11. The predicted octanol–water partition coefficient (Wildman–Crippen LogP) is 4.34. The highest BCUT2D eigenvalue weighted by Gasteiger charge is 2.50. The average Bonchev–Trinajstić information content (AvgIpc) is 2.60. The molecule has 0 saturated carbocycles. The van der Waals surface area contributed by atoms with E-state index in [2.05, 4.69) is 47.7 Å². The van der Waals surface area contributed by atoms with Crippen molar-refractivity contribution in [1.29, 1.82) is 0 Å². The van der Waals surface area contributed by atoms with Crippen molar-refractivity contribution in [1.82, 2.24) is 0 Å². The number of anilines is 1. The smallest absolute Gasteiger partial charge is 0.291 e. The molecular formula is C17H25NO2Si. The number of Topliss-reactive ketones (excluding diaryl/α,β-unsaturated/α-hetero) is 1. The number of carbonyl (C=O) groups excluding carboxylic acids is 2. The van der Waals surface area contributed by atoms with Crippen LogP contribution in [0.1, 0.15) is 56.5 Å². The molecule has 114 valence electrons. The molecule has 0 fully saturated rings. The van der Waals surface area contributed by atoms with Gasteiger partial charge in [0.1, 0.15) is 0 Å². The maximum absolute atomic E-state index is 12.5. The van der Waals surface area contributed by atoms with Crippen LogP contribution in [-0.4, -0.2) is 19.9 Å². The number of carbonyl (C=O) groups is 2. The van der Waals surface area contributed by atoms with Crippen molar-refractivity contribution < 1.29 is 9.59 Å². The number of hydrogen-bond acceptors (Lipinski definition) is 2. The Morgan fingerprint density at radius 2 is 1.67 bits per heavy atom. The Kier molecular flexibility index (Phi) is 3.65. The Morgan fingerprint density at radius 3 is 2.14 bits per heavy atom. The molecule has 0 unspecified atom stereocenters. The summed E-state index contributed by atoms with van der Waals surface area (Å²) < 4.78 is 1.81. The fourth-order valence-electron chi connectivity index (χ4n) is 2.51. The van der Waals surface area contributed by atoms with E-state index in [1.807, 2.05) is 22.8 Å². The van der Waals surface area contributed by atoms with E-state index >= 15 is 0 Å². The van der Waals surface area contributed by atoms with E-state index in [9.17, 15) is 9.59 Å². The lowest BCUT2D eigenvalue weighted by atomic mass is 9.99. The monoisotopic (exact) mass is 303 g/mol. The lowest BCUT2D eigenvalue weighted by Gasteiger charge is -2.43. The Hall–Kier alpha value is -1.42. The van der Waals surface area contributed by atoms with Gasteiger partial charge >= 0.3 is 0 Å². The standard InChI is InChI=1S/C17H25NO2Si/c1-11(2)12-8-9-14-13(10-12)15(19)16(20)18(14)21(6,7)17(3,4)5/h8-11H,1-7H3. The van der Waals surface area contributed by atoms with Crippen LogP contribution in [0.5, 0.6) is 0 Å². The van der Waals surface area contributed by atoms with Gasteiger partial charge in [-0.1, -0.05) is 53.8 Å². The summed E-state index contributed by atoms with van der Waals surface area (Å²) in [4.78, 5) is 24.9. The maximum Gasteiger partial charge on any atom is 0.291 e. The summed E-state index contributed by atoms with van der Waals surface area (Å²) in [5.41, 5.74) is 2.49. The number of rotatable bonds is 2. The molecule has 0 spiro atoms. The summed E-state index contributed by atoms with van der Waals surface area (Å²) in [5, 5.41) is 0.00126. The van der Waals surface area contributed by atoms with E-state index in [-0.39, 0.29) is 16.7 Å². The van der Waals surface area contributed by atoms with Crippen LogP contribution < -0.4 is 4.57 Å². The van der Waals surface area contributed by atoms with Gasteiger partial charge in [0.15, 0.2) is 8.24 Å². The summed E-state index contributed by atoms with van der Waals surface area (Å²) in [6.07, 6.45) is 0. The van der Waals surface area contributed by atoms with Crippen molar-refractivity contribution in [3.63, 3.8) is 0 Å². The highest BCUT2D eigenvalue weighted by Crippen LogP contribution is 2.44. The number of benzene rings is 1. The first-order valence-electron chi connectivity index (χ1n) is 7.51. The number of hydrogen-bond donors (Lipinski definition) is 0. The van der Waals surface area contributed by atoms with Gasteiger partial charge < -0.3 is 4.57 Å². The lowest BCUT2D eigenvalue weighted by molar-refractivity contribution is -0.113. The van der Waals surface area contributed by atoms with E-state index in [0.29, 0.717) is 11.5 Å². The molecule has 1 aliphatic heterocycles. The first-order valence-corrected chi connectivity index (χ1v) is 10.5. The van der Waals surface area contributed by atoms with Crippen molar-refractivity contribution in [3.8, 4) is 0 Å². The molecule has 1 aromatic rings. The molecular weight excluding hydrogens is 278 g/mol. The maximum atomic E-state index is 12.5. The van der Waals surface area contributed by atoms with Crippen molar-refractivity contribution in [2.45, 2.75) is 58.7 Å².